The highest BCUT2D eigenvalue weighted by Gasteiger charge is 2.25. The molecule has 1 saturated carbocycles. The molecule has 2 heterocycles. The number of nitrogens with zero attached hydrogens (tertiary/aromatic N) is 3. The molecule has 0 atom stereocenters. The van der Waals surface area contributed by atoms with E-state index < -0.39 is 0 Å². The van der Waals surface area contributed by atoms with Crippen molar-refractivity contribution >= 4 is 34.1 Å². The molecule has 2 amide bonds. The number of para-hydroxylation sites is 1. The molecule has 2 aromatic heterocycles. The number of rotatable bonds is 6. The smallest absolute Gasteiger partial charge is 0.253 e. The van der Waals surface area contributed by atoms with Crippen molar-refractivity contribution in [2.24, 2.45) is 0 Å². The molecule has 5 rings (SSSR count). The Balaban J connectivity index is 1.33. The van der Waals surface area contributed by atoms with Gasteiger partial charge in [0.1, 0.15) is 0 Å². The largest absolute Gasteiger partial charge is 0.349 e. The fourth-order valence-electron chi connectivity index (χ4n) is 4.07. The van der Waals surface area contributed by atoms with E-state index in [1.54, 1.807) is 18.2 Å². The highest BCUT2D eigenvalue weighted by molar-refractivity contribution is 6.04. The third kappa shape index (κ3) is 3.82. The molecule has 162 valence electrons. The molecule has 2 aromatic carbocycles. The van der Waals surface area contributed by atoms with Crippen LogP contribution in [0.4, 0.5) is 5.69 Å². The lowest BCUT2D eigenvalue weighted by Gasteiger charge is -2.13. The Morgan fingerprint density at radius 3 is 2.62 bits per heavy atom. The predicted octanol–water partition coefficient (Wildman–Crippen LogP) is 3.96. The number of anilines is 1. The van der Waals surface area contributed by atoms with Crippen molar-refractivity contribution in [1.29, 1.82) is 0 Å². The van der Waals surface area contributed by atoms with E-state index in [-0.39, 0.29) is 24.3 Å². The minimum Gasteiger partial charge on any atom is -0.349 e. The average molecular weight is 428 g/mol. The summed E-state index contributed by atoms with van der Waals surface area (Å²) in [7, 11) is 0. The van der Waals surface area contributed by atoms with Crippen LogP contribution in [-0.2, 0) is 11.2 Å². The Kier molecular flexibility index (Phi) is 5.09. The second-order valence-corrected chi connectivity index (χ2v) is 8.36. The molecule has 0 aliphatic heterocycles. The van der Waals surface area contributed by atoms with Gasteiger partial charge in [0.05, 0.1) is 16.8 Å². The van der Waals surface area contributed by atoms with Crippen LogP contribution in [-0.4, -0.2) is 32.5 Å². The summed E-state index contributed by atoms with van der Waals surface area (Å²) in [5.74, 6) is -0.281. The van der Waals surface area contributed by atoms with E-state index in [4.69, 9.17) is 4.98 Å². The van der Waals surface area contributed by atoms with Gasteiger partial charge in [0, 0.05) is 29.2 Å². The molecule has 1 aliphatic rings. The van der Waals surface area contributed by atoms with Gasteiger partial charge in [-0.15, -0.1) is 0 Å². The number of amides is 2. The van der Waals surface area contributed by atoms with Crippen LogP contribution in [0.1, 0.15) is 46.6 Å². The van der Waals surface area contributed by atoms with Crippen LogP contribution in [0.5, 0.6) is 0 Å². The number of aromatic nitrogens is 3. The second-order valence-electron chi connectivity index (χ2n) is 8.36. The van der Waals surface area contributed by atoms with Crippen molar-refractivity contribution < 1.29 is 9.59 Å². The molecule has 0 radical (unpaired) electrons. The summed E-state index contributed by atoms with van der Waals surface area (Å²) in [5.41, 5.74) is 5.67. The summed E-state index contributed by atoms with van der Waals surface area (Å²) in [6, 6.07) is 15.3. The van der Waals surface area contributed by atoms with Crippen molar-refractivity contribution in [3.05, 3.63) is 71.0 Å². The van der Waals surface area contributed by atoms with Crippen LogP contribution in [0.15, 0.2) is 48.5 Å². The molecule has 0 spiro atoms. The molecular weight excluding hydrogens is 402 g/mol. The summed E-state index contributed by atoms with van der Waals surface area (Å²) >= 11 is 0. The van der Waals surface area contributed by atoms with Crippen molar-refractivity contribution in [3.8, 4) is 0 Å². The molecule has 32 heavy (non-hydrogen) atoms. The zero-order valence-corrected chi connectivity index (χ0v) is 18.2. The molecule has 7 heteroatoms. The van der Waals surface area contributed by atoms with Gasteiger partial charge in [-0.2, -0.15) is 5.10 Å². The maximum atomic E-state index is 12.7. The highest BCUT2D eigenvalue weighted by Crippen LogP contribution is 2.24. The van der Waals surface area contributed by atoms with Gasteiger partial charge in [-0.3, -0.25) is 9.59 Å². The van der Waals surface area contributed by atoms with Gasteiger partial charge in [0.15, 0.2) is 5.65 Å². The summed E-state index contributed by atoms with van der Waals surface area (Å²) in [6.07, 6.45) is 2.86. The summed E-state index contributed by atoms with van der Waals surface area (Å²) in [6.45, 7) is 3.98. The fraction of sp³-hybridized carbons (Fsp3) is 0.280. The SMILES string of the molecule is Cc1nc2c3ccccc3nn2c(C)c1CCC(=O)Nc1ccccc1C(=O)NC1CC1. The first kappa shape index (κ1) is 20.2. The lowest BCUT2D eigenvalue weighted by atomic mass is 10.1. The molecule has 0 saturated heterocycles. The Bertz CT molecular complexity index is 1350. The van der Waals surface area contributed by atoms with Gasteiger partial charge in [0.2, 0.25) is 5.91 Å². The number of carbonyl (C=O) groups excluding carboxylic acids is 2. The lowest BCUT2D eigenvalue weighted by molar-refractivity contribution is -0.116. The number of carbonyl (C=O) groups is 2. The van der Waals surface area contributed by atoms with Crippen LogP contribution >= 0.6 is 0 Å². The quantitative estimate of drug-likeness (QED) is 0.487. The Labute approximate surface area is 185 Å². The Hall–Kier alpha value is -3.74. The standard InChI is InChI=1S/C25H25N5O2/c1-15-18(16(2)30-24(26-15)19-7-3-6-10-22(19)29-30)13-14-23(31)28-21-9-5-4-8-20(21)25(32)27-17-11-12-17/h3-10,17H,11-14H2,1-2H3,(H,27,32)(H,28,31). The van der Waals surface area contributed by atoms with E-state index in [2.05, 4.69) is 15.7 Å². The molecule has 4 aromatic rings. The number of nitrogens with one attached hydrogen (secondary N) is 2. The molecular formula is C25H25N5O2. The monoisotopic (exact) mass is 427 g/mol. The van der Waals surface area contributed by atoms with Gasteiger partial charge in [-0.25, -0.2) is 9.50 Å². The van der Waals surface area contributed by atoms with E-state index in [0.717, 1.165) is 46.3 Å². The van der Waals surface area contributed by atoms with Gasteiger partial charge in [-0.1, -0.05) is 24.3 Å². The van der Waals surface area contributed by atoms with E-state index in [1.807, 2.05) is 48.7 Å². The summed E-state index contributed by atoms with van der Waals surface area (Å²) < 4.78 is 1.86. The van der Waals surface area contributed by atoms with Crippen LogP contribution in [0.25, 0.3) is 16.6 Å². The third-order valence-electron chi connectivity index (χ3n) is 5.98. The number of hydrogen-bond donors (Lipinski definition) is 2. The van der Waals surface area contributed by atoms with Crippen LogP contribution in [0.2, 0.25) is 0 Å². The lowest BCUT2D eigenvalue weighted by Crippen LogP contribution is -2.27. The maximum Gasteiger partial charge on any atom is 0.253 e. The van der Waals surface area contributed by atoms with Gasteiger partial charge < -0.3 is 10.6 Å². The zero-order chi connectivity index (χ0) is 22.2. The first-order valence-electron chi connectivity index (χ1n) is 10.9. The third-order valence-corrected chi connectivity index (χ3v) is 5.98. The molecule has 7 nitrogen and oxygen atoms in total. The predicted molar refractivity (Wildman–Crippen MR) is 124 cm³/mol. The van der Waals surface area contributed by atoms with E-state index >= 15 is 0 Å². The fourth-order valence-corrected chi connectivity index (χ4v) is 4.07. The second kappa shape index (κ2) is 8.07. The molecule has 1 fully saturated rings. The van der Waals surface area contributed by atoms with Crippen LogP contribution in [0.3, 0.4) is 0 Å². The van der Waals surface area contributed by atoms with E-state index in [9.17, 15) is 9.59 Å². The zero-order valence-electron chi connectivity index (χ0n) is 18.2. The first-order valence-corrected chi connectivity index (χ1v) is 10.9. The van der Waals surface area contributed by atoms with Crippen LogP contribution < -0.4 is 10.6 Å². The van der Waals surface area contributed by atoms with E-state index in [0.29, 0.717) is 17.7 Å². The van der Waals surface area contributed by atoms with Gasteiger partial charge in [0.25, 0.3) is 5.91 Å². The number of fused-ring (bicyclic) bond motifs is 3. The molecule has 2 N–H and O–H groups in total. The van der Waals surface area contributed by atoms with Crippen molar-refractivity contribution in [3.63, 3.8) is 0 Å². The molecule has 0 bridgehead atoms. The Morgan fingerprint density at radius 2 is 1.81 bits per heavy atom. The summed E-state index contributed by atoms with van der Waals surface area (Å²) in [4.78, 5) is 30.0. The number of hydrogen-bond acceptors (Lipinski definition) is 4. The van der Waals surface area contributed by atoms with E-state index in [1.165, 1.54) is 0 Å². The number of benzene rings is 2. The molecule has 0 unspecified atom stereocenters. The normalized spacial score (nSPS) is 13.4. The number of aryl methyl sites for hydroxylation is 2. The summed E-state index contributed by atoms with van der Waals surface area (Å²) in [5, 5.41) is 11.6. The van der Waals surface area contributed by atoms with Crippen LogP contribution in [0, 0.1) is 13.8 Å². The highest BCUT2D eigenvalue weighted by atomic mass is 16.2. The minimum absolute atomic E-state index is 0.138. The average Bonchev–Trinajstić information content (AvgIpc) is 3.52. The van der Waals surface area contributed by atoms with Gasteiger partial charge in [-0.05, 0) is 62.9 Å². The van der Waals surface area contributed by atoms with Crippen molar-refractivity contribution in [1.82, 2.24) is 19.9 Å². The molecule has 1 aliphatic carbocycles. The van der Waals surface area contributed by atoms with Crippen molar-refractivity contribution in [2.75, 3.05) is 5.32 Å². The van der Waals surface area contributed by atoms with Gasteiger partial charge >= 0.3 is 0 Å². The maximum absolute atomic E-state index is 12.7. The van der Waals surface area contributed by atoms with Crippen molar-refractivity contribution in [2.45, 2.75) is 45.6 Å². The minimum atomic E-state index is -0.143. The first-order chi connectivity index (χ1) is 15.5. The Morgan fingerprint density at radius 1 is 1.06 bits per heavy atom. The topological polar surface area (TPSA) is 88.4 Å².